The summed E-state index contributed by atoms with van der Waals surface area (Å²) in [5, 5.41) is 15.4. The largest absolute Gasteiger partial charge is 0.508 e. The quantitative estimate of drug-likeness (QED) is 0.562. The van der Waals surface area contributed by atoms with Gasteiger partial charge in [0.2, 0.25) is 17.2 Å². The van der Waals surface area contributed by atoms with Crippen molar-refractivity contribution in [1.29, 1.82) is 0 Å². The summed E-state index contributed by atoms with van der Waals surface area (Å²) in [6.07, 6.45) is 0. The SMILES string of the molecule is COc1ccc(Nc2nc(Cl)nc(Nc3ccc(O)cc3)n2)c(OC)c1. The van der Waals surface area contributed by atoms with Crippen LogP contribution in [-0.2, 0) is 0 Å². The summed E-state index contributed by atoms with van der Waals surface area (Å²) in [4.78, 5) is 12.4. The maximum Gasteiger partial charge on any atom is 0.233 e. The molecule has 26 heavy (non-hydrogen) atoms. The number of nitrogens with zero attached hydrogens (tertiary/aromatic N) is 3. The summed E-state index contributed by atoms with van der Waals surface area (Å²) in [7, 11) is 3.13. The molecule has 0 atom stereocenters. The van der Waals surface area contributed by atoms with Crippen LogP contribution in [-0.4, -0.2) is 34.3 Å². The molecular formula is C17H16ClN5O3. The Kier molecular flexibility index (Phi) is 5.23. The van der Waals surface area contributed by atoms with Crippen molar-refractivity contribution in [3.8, 4) is 17.2 Å². The van der Waals surface area contributed by atoms with Gasteiger partial charge in [-0.05, 0) is 48.0 Å². The molecule has 9 heteroatoms. The van der Waals surface area contributed by atoms with E-state index in [1.165, 1.54) is 0 Å². The standard InChI is InChI=1S/C17H16ClN5O3/c1-25-12-7-8-13(14(9-12)26-2)20-17-22-15(18)21-16(23-17)19-10-3-5-11(24)6-4-10/h3-9,24H,1-2H3,(H2,19,20,21,22,23). The lowest BCUT2D eigenvalue weighted by atomic mass is 10.2. The third kappa shape index (κ3) is 4.22. The lowest BCUT2D eigenvalue weighted by Gasteiger charge is -2.12. The van der Waals surface area contributed by atoms with E-state index in [1.807, 2.05) is 0 Å². The van der Waals surface area contributed by atoms with Gasteiger partial charge in [0.15, 0.2) is 0 Å². The van der Waals surface area contributed by atoms with Gasteiger partial charge in [-0.15, -0.1) is 0 Å². The normalized spacial score (nSPS) is 10.3. The molecule has 0 saturated carbocycles. The molecule has 3 aromatic rings. The second-order valence-electron chi connectivity index (χ2n) is 5.11. The van der Waals surface area contributed by atoms with Crippen LogP contribution in [0.25, 0.3) is 0 Å². The van der Waals surface area contributed by atoms with Crippen LogP contribution in [0.1, 0.15) is 0 Å². The second-order valence-corrected chi connectivity index (χ2v) is 5.45. The fourth-order valence-electron chi connectivity index (χ4n) is 2.16. The number of nitrogens with one attached hydrogen (secondary N) is 2. The van der Waals surface area contributed by atoms with Gasteiger partial charge in [0.05, 0.1) is 19.9 Å². The molecule has 0 aliphatic carbocycles. The first kappa shape index (κ1) is 17.6. The van der Waals surface area contributed by atoms with Gasteiger partial charge < -0.3 is 25.2 Å². The Morgan fingerprint density at radius 3 is 2.23 bits per heavy atom. The monoisotopic (exact) mass is 373 g/mol. The Morgan fingerprint density at radius 1 is 0.885 bits per heavy atom. The van der Waals surface area contributed by atoms with Crippen molar-refractivity contribution in [3.05, 3.63) is 47.7 Å². The van der Waals surface area contributed by atoms with Crippen molar-refractivity contribution in [2.45, 2.75) is 0 Å². The average molecular weight is 374 g/mol. The lowest BCUT2D eigenvalue weighted by molar-refractivity contribution is 0.395. The molecule has 0 bridgehead atoms. The summed E-state index contributed by atoms with van der Waals surface area (Å²) in [6.45, 7) is 0. The number of aromatic nitrogens is 3. The summed E-state index contributed by atoms with van der Waals surface area (Å²) in [6, 6.07) is 11.8. The maximum atomic E-state index is 9.34. The zero-order valence-electron chi connectivity index (χ0n) is 14.0. The number of rotatable bonds is 6. The summed E-state index contributed by atoms with van der Waals surface area (Å²) < 4.78 is 10.5. The molecular weight excluding hydrogens is 358 g/mol. The molecule has 0 radical (unpaired) electrons. The molecule has 0 spiro atoms. The number of aromatic hydroxyl groups is 1. The molecule has 0 unspecified atom stereocenters. The van der Waals surface area contributed by atoms with Crippen LogP contribution in [0.4, 0.5) is 23.3 Å². The molecule has 3 N–H and O–H groups in total. The second kappa shape index (κ2) is 7.75. The minimum atomic E-state index is 0.0243. The number of phenolic OH excluding ortho intramolecular Hbond substituents is 1. The topological polar surface area (TPSA) is 101 Å². The van der Waals surface area contributed by atoms with Gasteiger partial charge in [-0.2, -0.15) is 15.0 Å². The van der Waals surface area contributed by atoms with Crippen molar-refractivity contribution in [1.82, 2.24) is 15.0 Å². The highest BCUT2D eigenvalue weighted by atomic mass is 35.5. The Bertz CT molecular complexity index is 905. The molecule has 0 fully saturated rings. The van der Waals surface area contributed by atoms with Crippen LogP contribution in [0.5, 0.6) is 17.2 Å². The zero-order chi connectivity index (χ0) is 18.5. The van der Waals surface area contributed by atoms with Crippen LogP contribution in [0.3, 0.4) is 0 Å². The van der Waals surface area contributed by atoms with Crippen LogP contribution in [0, 0.1) is 0 Å². The van der Waals surface area contributed by atoms with Crippen molar-refractivity contribution in [3.63, 3.8) is 0 Å². The molecule has 0 aliphatic heterocycles. The van der Waals surface area contributed by atoms with Gasteiger partial charge in [0.1, 0.15) is 17.2 Å². The average Bonchev–Trinajstić information content (AvgIpc) is 2.63. The highest BCUT2D eigenvalue weighted by Gasteiger charge is 2.10. The van der Waals surface area contributed by atoms with Gasteiger partial charge >= 0.3 is 0 Å². The number of ether oxygens (including phenoxy) is 2. The highest BCUT2D eigenvalue weighted by Crippen LogP contribution is 2.31. The molecule has 0 aliphatic rings. The van der Waals surface area contributed by atoms with Crippen LogP contribution in [0.2, 0.25) is 5.28 Å². The number of phenols is 1. The summed E-state index contributed by atoms with van der Waals surface area (Å²) >= 11 is 6.00. The highest BCUT2D eigenvalue weighted by molar-refractivity contribution is 6.28. The number of anilines is 4. The van der Waals surface area contributed by atoms with Crippen molar-refractivity contribution >= 4 is 34.9 Å². The fourth-order valence-corrected chi connectivity index (χ4v) is 2.32. The van der Waals surface area contributed by atoms with E-state index in [0.29, 0.717) is 22.9 Å². The molecule has 8 nitrogen and oxygen atoms in total. The lowest BCUT2D eigenvalue weighted by Crippen LogP contribution is -2.04. The Hall–Kier alpha value is -3.26. The fraction of sp³-hybridized carbons (Fsp3) is 0.118. The van der Waals surface area contributed by atoms with E-state index in [4.69, 9.17) is 21.1 Å². The van der Waals surface area contributed by atoms with Gasteiger partial charge in [-0.25, -0.2) is 0 Å². The van der Waals surface area contributed by atoms with Gasteiger partial charge in [-0.1, -0.05) is 0 Å². The Balaban J connectivity index is 1.85. The number of benzene rings is 2. The van der Waals surface area contributed by atoms with Crippen molar-refractivity contribution in [2.24, 2.45) is 0 Å². The van der Waals surface area contributed by atoms with Crippen molar-refractivity contribution in [2.75, 3.05) is 24.9 Å². The maximum absolute atomic E-state index is 9.34. The summed E-state index contributed by atoms with van der Waals surface area (Å²) in [5.74, 6) is 1.89. The number of hydrogen-bond donors (Lipinski definition) is 3. The van der Waals surface area contributed by atoms with Gasteiger partial charge in [0, 0.05) is 11.8 Å². The van der Waals surface area contributed by atoms with Gasteiger partial charge in [-0.3, -0.25) is 0 Å². The van der Waals surface area contributed by atoms with Crippen LogP contribution < -0.4 is 20.1 Å². The number of halogens is 1. The molecule has 1 heterocycles. The molecule has 1 aromatic heterocycles. The first-order valence-corrected chi connectivity index (χ1v) is 7.92. The van der Waals surface area contributed by atoms with Crippen LogP contribution in [0.15, 0.2) is 42.5 Å². The van der Waals surface area contributed by atoms with Crippen LogP contribution >= 0.6 is 11.6 Å². The Morgan fingerprint density at radius 2 is 1.58 bits per heavy atom. The van der Waals surface area contributed by atoms with E-state index in [1.54, 1.807) is 56.7 Å². The minimum Gasteiger partial charge on any atom is -0.508 e. The first-order valence-electron chi connectivity index (χ1n) is 7.54. The van der Waals surface area contributed by atoms with E-state index in [0.717, 1.165) is 0 Å². The van der Waals surface area contributed by atoms with E-state index < -0.39 is 0 Å². The minimum absolute atomic E-state index is 0.0243. The van der Waals surface area contributed by atoms with E-state index >= 15 is 0 Å². The molecule has 2 aromatic carbocycles. The van der Waals surface area contributed by atoms with Crippen molar-refractivity contribution < 1.29 is 14.6 Å². The van der Waals surface area contributed by atoms with Gasteiger partial charge in [0.25, 0.3) is 0 Å². The molecule has 134 valence electrons. The number of hydrogen-bond acceptors (Lipinski definition) is 8. The zero-order valence-corrected chi connectivity index (χ0v) is 14.8. The first-order chi connectivity index (χ1) is 12.6. The Labute approximate surface area is 154 Å². The van der Waals surface area contributed by atoms with E-state index in [-0.39, 0.29) is 22.9 Å². The third-order valence-electron chi connectivity index (χ3n) is 3.39. The predicted molar refractivity (Wildman–Crippen MR) is 99.1 cm³/mol. The third-order valence-corrected chi connectivity index (χ3v) is 3.56. The number of methoxy groups -OCH3 is 2. The molecule has 3 rings (SSSR count). The molecule has 0 saturated heterocycles. The smallest absolute Gasteiger partial charge is 0.233 e. The summed E-state index contributed by atoms with van der Waals surface area (Å²) in [5.41, 5.74) is 1.34. The predicted octanol–water partition coefficient (Wildman–Crippen LogP) is 3.74. The van der Waals surface area contributed by atoms with E-state index in [9.17, 15) is 5.11 Å². The molecule has 0 amide bonds. The van der Waals surface area contributed by atoms with E-state index in [2.05, 4.69) is 25.6 Å².